The van der Waals surface area contributed by atoms with Gasteiger partial charge in [0.2, 0.25) is 0 Å². The van der Waals surface area contributed by atoms with Gasteiger partial charge in [0.05, 0.1) is 6.42 Å². The fourth-order valence-electron chi connectivity index (χ4n) is 2.52. The van der Waals surface area contributed by atoms with E-state index in [2.05, 4.69) is 19.1 Å². The van der Waals surface area contributed by atoms with Gasteiger partial charge in [-0.05, 0) is 65.8 Å². The maximum atomic E-state index is 10.7. The van der Waals surface area contributed by atoms with E-state index in [9.17, 15) is 4.79 Å². The third-order valence-electron chi connectivity index (χ3n) is 3.86. The van der Waals surface area contributed by atoms with Crippen molar-refractivity contribution in [2.24, 2.45) is 0 Å². The second-order valence-corrected chi connectivity index (χ2v) is 8.27. The van der Waals surface area contributed by atoms with Crippen LogP contribution < -0.4 is 4.74 Å². The van der Waals surface area contributed by atoms with E-state index in [0.717, 1.165) is 11.3 Å². The van der Waals surface area contributed by atoms with Crippen LogP contribution >= 0.6 is 23.5 Å². The zero-order chi connectivity index (χ0) is 17.6. The van der Waals surface area contributed by atoms with Crippen molar-refractivity contribution in [2.75, 3.05) is 11.5 Å². The van der Waals surface area contributed by atoms with Gasteiger partial charge in [-0.25, -0.2) is 0 Å². The SMILES string of the molecule is CC(=C1SCCCS1)c1ccc(Oc2ccc(CC(=O)O)cc2)cc1. The smallest absolute Gasteiger partial charge is 0.307 e. The van der Waals surface area contributed by atoms with E-state index in [4.69, 9.17) is 9.84 Å². The van der Waals surface area contributed by atoms with E-state index in [1.165, 1.54) is 33.3 Å². The second-order valence-electron chi connectivity index (χ2n) is 5.80. The first-order valence-electron chi connectivity index (χ1n) is 8.17. The van der Waals surface area contributed by atoms with Gasteiger partial charge in [0.15, 0.2) is 0 Å². The van der Waals surface area contributed by atoms with E-state index in [0.29, 0.717) is 5.75 Å². The molecule has 1 fully saturated rings. The molecule has 2 aromatic rings. The van der Waals surface area contributed by atoms with E-state index < -0.39 is 5.97 Å². The molecule has 25 heavy (non-hydrogen) atoms. The lowest BCUT2D eigenvalue weighted by molar-refractivity contribution is -0.136. The summed E-state index contributed by atoms with van der Waals surface area (Å²) in [7, 11) is 0. The zero-order valence-electron chi connectivity index (χ0n) is 14.0. The number of aliphatic carboxylic acids is 1. The second kappa shape index (κ2) is 8.50. The van der Waals surface area contributed by atoms with Crippen molar-refractivity contribution in [1.82, 2.24) is 0 Å². The molecule has 0 atom stereocenters. The van der Waals surface area contributed by atoms with Crippen molar-refractivity contribution in [3.05, 3.63) is 63.9 Å². The fraction of sp³-hybridized carbons (Fsp3) is 0.250. The van der Waals surface area contributed by atoms with Gasteiger partial charge in [-0.2, -0.15) is 0 Å². The van der Waals surface area contributed by atoms with E-state index >= 15 is 0 Å². The highest BCUT2D eigenvalue weighted by molar-refractivity contribution is 8.23. The monoisotopic (exact) mass is 372 g/mol. The molecule has 1 N–H and O–H groups in total. The summed E-state index contributed by atoms with van der Waals surface area (Å²) in [5.41, 5.74) is 3.32. The quantitative estimate of drug-likeness (QED) is 0.733. The minimum Gasteiger partial charge on any atom is -0.481 e. The van der Waals surface area contributed by atoms with Crippen LogP contribution in [0.3, 0.4) is 0 Å². The van der Waals surface area contributed by atoms with Crippen molar-refractivity contribution in [2.45, 2.75) is 19.8 Å². The van der Waals surface area contributed by atoms with Crippen LogP contribution in [0.2, 0.25) is 0 Å². The molecule has 3 rings (SSSR count). The molecule has 0 unspecified atom stereocenters. The van der Waals surface area contributed by atoms with Crippen LogP contribution in [0.25, 0.3) is 5.57 Å². The summed E-state index contributed by atoms with van der Waals surface area (Å²) in [5, 5.41) is 8.80. The van der Waals surface area contributed by atoms with Crippen LogP contribution in [0.1, 0.15) is 24.5 Å². The Morgan fingerprint density at radius 1 is 1.00 bits per heavy atom. The largest absolute Gasteiger partial charge is 0.481 e. The first kappa shape index (κ1) is 18.0. The average molecular weight is 373 g/mol. The molecule has 1 aliphatic rings. The predicted molar refractivity (Wildman–Crippen MR) is 106 cm³/mol. The molecule has 0 aliphatic carbocycles. The molecule has 1 aliphatic heterocycles. The van der Waals surface area contributed by atoms with Crippen LogP contribution in [-0.4, -0.2) is 22.6 Å². The number of hydrogen-bond donors (Lipinski definition) is 1. The number of carbonyl (C=O) groups is 1. The summed E-state index contributed by atoms with van der Waals surface area (Å²) < 4.78 is 7.27. The Morgan fingerprint density at radius 3 is 2.12 bits per heavy atom. The highest BCUT2D eigenvalue weighted by Crippen LogP contribution is 2.40. The van der Waals surface area contributed by atoms with Crippen molar-refractivity contribution in [3.63, 3.8) is 0 Å². The Kier molecular flexibility index (Phi) is 6.10. The molecule has 0 radical (unpaired) electrons. The van der Waals surface area contributed by atoms with Crippen LogP contribution in [0, 0.1) is 0 Å². The van der Waals surface area contributed by atoms with Crippen molar-refractivity contribution in [3.8, 4) is 11.5 Å². The van der Waals surface area contributed by atoms with Gasteiger partial charge in [-0.3, -0.25) is 4.79 Å². The lowest BCUT2D eigenvalue weighted by atomic mass is 10.1. The van der Waals surface area contributed by atoms with Crippen LogP contribution in [-0.2, 0) is 11.2 Å². The number of hydrogen-bond acceptors (Lipinski definition) is 4. The van der Waals surface area contributed by atoms with Gasteiger partial charge >= 0.3 is 5.97 Å². The molecule has 1 heterocycles. The van der Waals surface area contributed by atoms with Crippen molar-refractivity contribution in [1.29, 1.82) is 0 Å². The highest BCUT2D eigenvalue weighted by Gasteiger charge is 2.11. The van der Waals surface area contributed by atoms with E-state index in [1.54, 1.807) is 24.3 Å². The summed E-state index contributed by atoms with van der Waals surface area (Å²) in [4.78, 5) is 10.7. The van der Waals surface area contributed by atoms with E-state index in [1.807, 2.05) is 35.7 Å². The fourth-order valence-corrected chi connectivity index (χ4v) is 5.16. The molecule has 0 spiro atoms. The molecule has 3 nitrogen and oxygen atoms in total. The Hall–Kier alpha value is -1.85. The van der Waals surface area contributed by atoms with Crippen LogP contribution in [0.5, 0.6) is 11.5 Å². The summed E-state index contributed by atoms with van der Waals surface area (Å²) in [5.74, 6) is 3.06. The highest BCUT2D eigenvalue weighted by atomic mass is 32.2. The molecule has 0 bridgehead atoms. The minimum atomic E-state index is -0.831. The standard InChI is InChI=1S/C20H20O3S2/c1-14(20-24-11-2-12-25-20)16-5-9-18(10-6-16)23-17-7-3-15(4-8-17)13-19(21)22/h3-10H,2,11-13H2,1H3,(H,21,22). The molecule has 0 saturated carbocycles. The number of allylic oxidation sites excluding steroid dienone is 1. The molecular formula is C20H20O3S2. The number of carboxylic acid groups (broad SMARTS) is 1. The minimum absolute atomic E-state index is 0.0267. The normalized spacial score (nSPS) is 14.2. The maximum absolute atomic E-state index is 10.7. The lowest BCUT2D eigenvalue weighted by Gasteiger charge is -2.16. The van der Waals surface area contributed by atoms with Gasteiger partial charge in [0.25, 0.3) is 0 Å². The number of ether oxygens (including phenoxy) is 1. The molecule has 0 aromatic heterocycles. The lowest BCUT2D eigenvalue weighted by Crippen LogP contribution is -1.99. The topological polar surface area (TPSA) is 46.5 Å². The van der Waals surface area contributed by atoms with E-state index in [-0.39, 0.29) is 6.42 Å². The molecule has 2 aromatic carbocycles. The van der Waals surface area contributed by atoms with Crippen molar-refractivity contribution >= 4 is 35.1 Å². The van der Waals surface area contributed by atoms with Crippen LogP contribution in [0.4, 0.5) is 0 Å². The number of rotatable bonds is 5. The van der Waals surface area contributed by atoms with Crippen LogP contribution in [0.15, 0.2) is 52.8 Å². The summed E-state index contributed by atoms with van der Waals surface area (Å²) >= 11 is 3.90. The molecule has 0 amide bonds. The molecule has 5 heteroatoms. The van der Waals surface area contributed by atoms with Gasteiger partial charge in [0.1, 0.15) is 11.5 Å². The number of carboxylic acids is 1. The summed E-state index contributed by atoms with van der Waals surface area (Å²) in [6.07, 6.45) is 1.31. The third kappa shape index (κ3) is 5.06. The molecule has 130 valence electrons. The molecular weight excluding hydrogens is 352 g/mol. The Bertz CT molecular complexity index is 757. The predicted octanol–water partition coefficient (Wildman–Crippen LogP) is 5.66. The number of thioether (sulfide) groups is 2. The Morgan fingerprint density at radius 2 is 1.56 bits per heavy atom. The van der Waals surface area contributed by atoms with Gasteiger partial charge in [-0.15, -0.1) is 23.5 Å². The average Bonchev–Trinajstić information content (AvgIpc) is 2.64. The summed E-state index contributed by atoms with van der Waals surface area (Å²) in [6.45, 7) is 2.18. The third-order valence-corrected chi connectivity index (χ3v) is 6.69. The zero-order valence-corrected chi connectivity index (χ0v) is 15.7. The first-order valence-corrected chi connectivity index (χ1v) is 10.1. The molecule has 1 saturated heterocycles. The Balaban J connectivity index is 1.67. The summed E-state index contributed by atoms with van der Waals surface area (Å²) in [6, 6.07) is 15.3. The number of benzene rings is 2. The van der Waals surface area contributed by atoms with Crippen molar-refractivity contribution < 1.29 is 14.6 Å². The maximum Gasteiger partial charge on any atom is 0.307 e. The van der Waals surface area contributed by atoms with Gasteiger partial charge < -0.3 is 9.84 Å². The van der Waals surface area contributed by atoms with Gasteiger partial charge in [-0.1, -0.05) is 24.3 Å². The Labute approximate surface area is 156 Å². The van der Waals surface area contributed by atoms with Gasteiger partial charge in [0, 0.05) is 4.24 Å². The first-order chi connectivity index (χ1) is 12.1.